The predicted molar refractivity (Wildman–Crippen MR) is 87.7 cm³/mol. The molecule has 2 aromatic rings. The molecule has 1 fully saturated rings. The highest BCUT2D eigenvalue weighted by Gasteiger charge is 2.13. The van der Waals surface area contributed by atoms with Crippen molar-refractivity contribution < 1.29 is 0 Å². The molecule has 0 aliphatic heterocycles. The minimum atomic E-state index is 0.510. The molecule has 3 rings (SSSR count). The third kappa shape index (κ3) is 4.14. The molecule has 0 unspecified atom stereocenters. The van der Waals surface area contributed by atoms with Gasteiger partial charge in [-0.05, 0) is 37.1 Å². The lowest BCUT2D eigenvalue weighted by Gasteiger charge is -2.23. The molecule has 1 heterocycles. The summed E-state index contributed by atoms with van der Waals surface area (Å²) >= 11 is 3.42. The Morgan fingerprint density at radius 1 is 1.05 bits per heavy atom. The van der Waals surface area contributed by atoms with E-state index in [9.17, 15) is 0 Å². The van der Waals surface area contributed by atoms with Gasteiger partial charge in [0.05, 0.1) is 6.20 Å². The van der Waals surface area contributed by atoms with Crippen molar-refractivity contribution in [2.45, 2.75) is 38.1 Å². The molecule has 0 radical (unpaired) electrons. The van der Waals surface area contributed by atoms with E-state index in [4.69, 9.17) is 0 Å². The highest BCUT2D eigenvalue weighted by atomic mass is 79.9. The fraction of sp³-hybridized carbons (Fsp3) is 0.400. The zero-order valence-electron chi connectivity index (χ0n) is 11.7. The lowest BCUT2D eigenvalue weighted by atomic mass is 9.96. The number of rotatable bonds is 4. The van der Waals surface area contributed by atoms with Crippen molar-refractivity contribution in [3.8, 4) is 0 Å². The summed E-state index contributed by atoms with van der Waals surface area (Å²) in [6.45, 7) is 0. The molecule has 110 valence electrons. The van der Waals surface area contributed by atoms with Gasteiger partial charge in [0.25, 0.3) is 0 Å². The van der Waals surface area contributed by atoms with E-state index in [1.165, 1.54) is 32.1 Å². The van der Waals surface area contributed by atoms with Gasteiger partial charge in [-0.2, -0.15) is 10.1 Å². The quantitative estimate of drug-likeness (QED) is 0.870. The van der Waals surface area contributed by atoms with E-state index in [2.05, 4.69) is 41.7 Å². The van der Waals surface area contributed by atoms with Crippen LogP contribution in [0.1, 0.15) is 32.1 Å². The minimum absolute atomic E-state index is 0.510. The third-order valence-electron chi connectivity index (χ3n) is 3.62. The fourth-order valence-corrected chi connectivity index (χ4v) is 2.81. The van der Waals surface area contributed by atoms with E-state index in [0.29, 0.717) is 12.0 Å². The first kappa shape index (κ1) is 14.3. The van der Waals surface area contributed by atoms with Crippen LogP contribution in [0, 0.1) is 0 Å². The first-order valence-electron chi connectivity index (χ1n) is 7.28. The van der Waals surface area contributed by atoms with Crippen molar-refractivity contribution in [2.75, 3.05) is 10.6 Å². The highest BCUT2D eigenvalue weighted by molar-refractivity contribution is 9.10. The van der Waals surface area contributed by atoms with Crippen LogP contribution in [0.2, 0.25) is 0 Å². The first-order chi connectivity index (χ1) is 10.3. The van der Waals surface area contributed by atoms with E-state index in [1.807, 2.05) is 24.3 Å². The number of anilines is 3. The second-order valence-corrected chi connectivity index (χ2v) is 6.19. The molecule has 1 saturated carbocycles. The van der Waals surface area contributed by atoms with Crippen molar-refractivity contribution in [1.29, 1.82) is 0 Å². The monoisotopic (exact) mass is 347 g/mol. The van der Waals surface area contributed by atoms with Gasteiger partial charge in [-0.15, -0.1) is 5.10 Å². The van der Waals surface area contributed by atoms with E-state index >= 15 is 0 Å². The largest absolute Gasteiger partial charge is 0.366 e. The summed E-state index contributed by atoms with van der Waals surface area (Å²) in [4.78, 5) is 4.48. The molecule has 5 nitrogen and oxygen atoms in total. The van der Waals surface area contributed by atoms with Crippen LogP contribution in [0.15, 0.2) is 34.9 Å². The van der Waals surface area contributed by atoms with Gasteiger partial charge in [0, 0.05) is 16.2 Å². The van der Waals surface area contributed by atoms with Gasteiger partial charge in [0.1, 0.15) is 0 Å². The highest BCUT2D eigenvalue weighted by Crippen LogP contribution is 2.21. The summed E-state index contributed by atoms with van der Waals surface area (Å²) in [6.07, 6.45) is 8.03. The number of benzene rings is 1. The number of nitrogens with one attached hydrogen (secondary N) is 2. The number of halogens is 1. The third-order valence-corrected chi connectivity index (χ3v) is 4.15. The maximum Gasteiger partial charge on any atom is 0.249 e. The van der Waals surface area contributed by atoms with Gasteiger partial charge >= 0.3 is 0 Å². The number of hydrogen-bond donors (Lipinski definition) is 2. The van der Waals surface area contributed by atoms with Gasteiger partial charge in [-0.1, -0.05) is 35.2 Å². The van der Waals surface area contributed by atoms with E-state index < -0.39 is 0 Å². The standard InChI is InChI=1S/C15H18BrN5/c16-11-6-8-13(9-7-11)19-15-20-14(10-17-21-15)18-12-4-2-1-3-5-12/h6-10,12H,1-5H2,(H2,18,19,20,21). The van der Waals surface area contributed by atoms with Gasteiger partial charge in [-0.25, -0.2) is 0 Å². The summed E-state index contributed by atoms with van der Waals surface area (Å²) in [6, 6.07) is 8.39. The van der Waals surface area contributed by atoms with Gasteiger partial charge in [0.2, 0.25) is 5.95 Å². The predicted octanol–water partition coefficient (Wildman–Crippen LogP) is 4.12. The van der Waals surface area contributed by atoms with Crippen molar-refractivity contribution in [3.63, 3.8) is 0 Å². The van der Waals surface area contributed by atoms with Crippen molar-refractivity contribution >= 4 is 33.4 Å². The fourth-order valence-electron chi connectivity index (χ4n) is 2.54. The molecule has 2 N–H and O–H groups in total. The molecule has 6 heteroatoms. The number of hydrogen-bond acceptors (Lipinski definition) is 5. The summed E-state index contributed by atoms with van der Waals surface area (Å²) in [5, 5.41) is 14.7. The Labute approximate surface area is 132 Å². The van der Waals surface area contributed by atoms with E-state index in [1.54, 1.807) is 6.20 Å². The van der Waals surface area contributed by atoms with Crippen LogP contribution in [0.3, 0.4) is 0 Å². The molecule has 0 atom stereocenters. The molecule has 1 aromatic carbocycles. The molecule has 21 heavy (non-hydrogen) atoms. The number of aromatic nitrogens is 3. The maximum absolute atomic E-state index is 4.48. The molecule has 0 spiro atoms. The topological polar surface area (TPSA) is 62.7 Å². The van der Waals surface area contributed by atoms with Gasteiger partial charge < -0.3 is 10.6 Å². The van der Waals surface area contributed by atoms with Gasteiger partial charge in [-0.3, -0.25) is 0 Å². The van der Waals surface area contributed by atoms with E-state index in [-0.39, 0.29) is 0 Å². The second kappa shape index (κ2) is 6.85. The van der Waals surface area contributed by atoms with Crippen LogP contribution in [0.5, 0.6) is 0 Å². The summed E-state index contributed by atoms with van der Waals surface area (Å²) < 4.78 is 1.04. The molecule has 0 saturated heterocycles. The Morgan fingerprint density at radius 2 is 1.81 bits per heavy atom. The Hall–Kier alpha value is -1.69. The molecule has 1 aromatic heterocycles. The van der Waals surface area contributed by atoms with Crippen LogP contribution in [-0.4, -0.2) is 21.2 Å². The van der Waals surface area contributed by atoms with Crippen molar-refractivity contribution in [1.82, 2.24) is 15.2 Å². The van der Waals surface area contributed by atoms with Crippen LogP contribution >= 0.6 is 15.9 Å². The zero-order chi connectivity index (χ0) is 14.5. The SMILES string of the molecule is Brc1ccc(Nc2nncc(NC3CCCCC3)n2)cc1. The van der Waals surface area contributed by atoms with Gasteiger partial charge in [0.15, 0.2) is 5.82 Å². The van der Waals surface area contributed by atoms with Crippen molar-refractivity contribution in [3.05, 3.63) is 34.9 Å². The summed E-state index contributed by atoms with van der Waals surface area (Å²) in [5.74, 6) is 1.30. The molecule has 1 aliphatic carbocycles. The summed E-state index contributed by atoms with van der Waals surface area (Å²) in [5.41, 5.74) is 0.940. The van der Waals surface area contributed by atoms with Crippen molar-refractivity contribution in [2.24, 2.45) is 0 Å². The average molecular weight is 348 g/mol. The molecular formula is C15H18BrN5. The van der Waals surface area contributed by atoms with Crippen LogP contribution in [0.4, 0.5) is 17.5 Å². The van der Waals surface area contributed by atoms with Crippen LogP contribution in [0.25, 0.3) is 0 Å². The first-order valence-corrected chi connectivity index (χ1v) is 8.08. The number of nitrogens with zero attached hydrogens (tertiary/aromatic N) is 3. The second-order valence-electron chi connectivity index (χ2n) is 5.28. The Bertz CT molecular complexity index is 581. The minimum Gasteiger partial charge on any atom is -0.366 e. The lowest BCUT2D eigenvalue weighted by molar-refractivity contribution is 0.461. The molecule has 1 aliphatic rings. The molecule has 0 bridgehead atoms. The Kier molecular flexibility index (Phi) is 4.65. The average Bonchev–Trinajstić information content (AvgIpc) is 2.51. The Morgan fingerprint density at radius 3 is 2.57 bits per heavy atom. The smallest absolute Gasteiger partial charge is 0.249 e. The van der Waals surface area contributed by atoms with Crippen LogP contribution < -0.4 is 10.6 Å². The zero-order valence-corrected chi connectivity index (χ0v) is 13.3. The van der Waals surface area contributed by atoms with E-state index in [0.717, 1.165) is 16.0 Å². The summed E-state index contributed by atoms with van der Waals surface area (Å²) in [7, 11) is 0. The normalized spacial score (nSPS) is 15.7. The Balaban J connectivity index is 1.66. The molecule has 0 amide bonds. The maximum atomic E-state index is 4.48. The lowest BCUT2D eigenvalue weighted by Crippen LogP contribution is -2.23. The van der Waals surface area contributed by atoms with Crippen LogP contribution in [-0.2, 0) is 0 Å². The molecular weight excluding hydrogens is 330 g/mol.